The largest absolute Gasteiger partial charge is 0.324 e. The van der Waals surface area contributed by atoms with Crippen LogP contribution in [0.3, 0.4) is 0 Å². The van der Waals surface area contributed by atoms with Crippen molar-refractivity contribution in [3.8, 4) is 0 Å². The van der Waals surface area contributed by atoms with E-state index in [4.69, 9.17) is 17.3 Å². The topological polar surface area (TPSA) is 58.4 Å². The van der Waals surface area contributed by atoms with Crippen LogP contribution in [-0.2, 0) is 4.79 Å². The van der Waals surface area contributed by atoms with Gasteiger partial charge in [0.1, 0.15) is 11.4 Å². The number of rotatable bonds is 2. The number of carbonyl (C=O) groups is 1. The number of halogens is 2. The quantitative estimate of drug-likeness (QED) is 0.877. The molecule has 2 unspecified atom stereocenters. The third-order valence-corrected chi connectivity index (χ3v) is 4.51. The number of anilines is 1. The van der Waals surface area contributed by atoms with Crippen molar-refractivity contribution in [2.24, 2.45) is 11.7 Å². The Kier molecular flexibility index (Phi) is 3.80. The number of carbonyl (C=O) groups excluding carboxylic acids is 1. The average Bonchev–Trinajstić information content (AvgIpc) is 2.85. The lowest BCUT2D eigenvalue weighted by atomic mass is 9.77. The second-order valence-corrected chi connectivity index (χ2v) is 6.27. The molecule has 0 radical (unpaired) electrons. The Morgan fingerprint density at radius 2 is 2.32 bits per heavy atom. The van der Waals surface area contributed by atoms with Crippen molar-refractivity contribution < 1.29 is 9.18 Å². The van der Waals surface area contributed by atoms with Crippen molar-refractivity contribution in [3.63, 3.8) is 0 Å². The van der Waals surface area contributed by atoms with Gasteiger partial charge < -0.3 is 16.0 Å². The number of likely N-dealkylation sites (tertiary alicyclic amines) is 1. The zero-order chi connectivity index (χ0) is 15.9. The van der Waals surface area contributed by atoms with E-state index < -0.39 is 11.4 Å². The molecule has 0 spiro atoms. The van der Waals surface area contributed by atoms with Gasteiger partial charge in [0.25, 0.3) is 0 Å². The number of nitrogens with zero attached hydrogens (tertiary/aromatic N) is 1. The molecule has 1 amide bonds. The number of nitrogens with two attached hydrogens (primary N) is 1. The maximum atomic E-state index is 13.2. The molecule has 6 heteroatoms. The van der Waals surface area contributed by atoms with Gasteiger partial charge in [-0.05, 0) is 30.8 Å². The van der Waals surface area contributed by atoms with Gasteiger partial charge >= 0.3 is 0 Å². The number of nitrogens with one attached hydrogen (secondary N) is 1. The predicted octanol–water partition coefficient (Wildman–Crippen LogP) is 2.17. The molecule has 1 aromatic carbocycles. The molecule has 1 aliphatic heterocycles. The summed E-state index contributed by atoms with van der Waals surface area (Å²) < 4.78 is 13.2. The number of likely N-dealkylation sites (N-methyl/N-ethyl adjacent to an activating group) is 1. The third kappa shape index (κ3) is 2.56. The summed E-state index contributed by atoms with van der Waals surface area (Å²) in [5, 5.41) is 2.70. The van der Waals surface area contributed by atoms with Gasteiger partial charge in [-0.25, -0.2) is 4.39 Å². The normalized spacial score (nSPS) is 27.5. The minimum Gasteiger partial charge on any atom is -0.324 e. The van der Waals surface area contributed by atoms with Gasteiger partial charge in [0, 0.05) is 24.7 Å². The van der Waals surface area contributed by atoms with Gasteiger partial charge in [-0.2, -0.15) is 0 Å². The minimum absolute atomic E-state index is 0.0377. The van der Waals surface area contributed by atoms with Crippen LogP contribution in [0, 0.1) is 11.7 Å². The number of hydrogen-bond donors (Lipinski definition) is 2. The summed E-state index contributed by atoms with van der Waals surface area (Å²) in [6.45, 7) is 1.54. The van der Waals surface area contributed by atoms with Crippen LogP contribution in [0.1, 0.15) is 0 Å². The lowest BCUT2D eigenvalue weighted by molar-refractivity contribution is -0.120. The Bertz CT molecular complexity index is 688. The zero-order valence-corrected chi connectivity index (χ0v) is 12.9. The van der Waals surface area contributed by atoms with Crippen LogP contribution in [0.4, 0.5) is 10.1 Å². The molecule has 1 heterocycles. The SMILES string of the molecule is CN1CC2=CC=CC(N)(C(=O)Nc3ccc(F)c(Cl)c3)C2C1. The highest BCUT2D eigenvalue weighted by Gasteiger charge is 2.46. The number of allylic oxidation sites excluding steroid dienone is 2. The highest BCUT2D eigenvalue weighted by atomic mass is 35.5. The van der Waals surface area contributed by atoms with Gasteiger partial charge in [0.15, 0.2) is 0 Å². The molecule has 0 aromatic heterocycles. The molecule has 3 rings (SSSR count). The summed E-state index contributed by atoms with van der Waals surface area (Å²) in [6, 6.07) is 4.06. The van der Waals surface area contributed by atoms with Gasteiger partial charge in [0.05, 0.1) is 5.02 Å². The van der Waals surface area contributed by atoms with Gasteiger partial charge in [-0.1, -0.05) is 29.8 Å². The standard InChI is InChI=1S/C16H17ClFN3O/c1-21-8-10-3-2-6-16(19,12(10)9-21)15(22)20-11-4-5-14(18)13(17)7-11/h2-7,12H,8-9,19H2,1H3,(H,20,22). The molecule has 1 saturated heterocycles. The molecule has 2 atom stereocenters. The van der Waals surface area contributed by atoms with Crippen molar-refractivity contribution in [1.29, 1.82) is 0 Å². The lowest BCUT2D eigenvalue weighted by Crippen LogP contribution is -2.57. The van der Waals surface area contributed by atoms with E-state index in [9.17, 15) is 9.18 Å². The highest BCUT2D eigenvalue weighted by molar-refractivity contribution is 6.31. The summed E-state index contributed by atoms with van der Waals surface area (Å²) >= 11 is 5.74. The first-order valence-corrected chi connectivity index (χ1v) is 7.40. The molecule has 4 nitrogen and oxygen atoms in total. The van der Waals surface area contributed by atoms with E-state index in [1.54, 1.807) is 6.08 Å². The van der Waals surface area contributed by atoms with Crippen LogP contribution < -0.4 is 11.1 Å². The van der Waals surface area contributed by atoms with Crippen LogP contribution in [0.5, 0.6) is 0 Å². The first kappa shape index (κ1) is 15.2. The maximum absolute atomic E-state index is 13.2. The van der Waals surface area contributed by atoms with Gasteiger partial charge in [-0.3, -0.25) is 4.79 Å². The maximum Gasteiger partial charge on any atom is 0.249 e. The van der Waals surface area contributed by atoms with E-state index in [1.165, 1.54) is 18.2 Å². The average molecular weight is 322 g/mol. The smallest absolute Gasteiger partial charge is 0.249 e. The van der Waals surface area contributed by atoms with Crippen molar-refractivity contribution in [1.82, 2.24) is 4.90 Å². The van der Waals surface area contributed by atoms with Crippen LogP contribution in [0.25, 0.3) is 0 Å². The van der Waals surface area contributed by atoms with Crippen LogP contribution in [-0.4, -0.2) is 36.5 Å². The van der Waals surface area contributed by atoms with Crippen LogP contribution in [0.15, 0.2) is 42.0 Å². The fourth-order valence-electron chi connectivity index (χ4n) is 3.04. The molecular formula is C16H17ClFN3O. The summed E-state index contributed by atoms with van der Waals surface area (Å²) in [5.41, 5.74) is 6.86. The van der Waals surface area contributed by atoms with Crippen molar-refractivity contribution >= 4 is 23.2 Å². The molecule has 1 fully saturated rings. The van der Waals surface area contributed by atoms with E-state index in [0.29, 0.717) is 5.69 Å². The van der Waals surface area contributed by atoms with Crippen LogP contribution in [0.2, 0.25) is 5.02 Å². The number of hydrogen-bond acceptors (Lipinski definition) is 3. The van der Waals surface area contributed by atoms with Gasteiger partial charge in [0.2, 0.25) is 5.91 Å². The molecule has 2 aliphatic rings. The summed E-state index contributed by atoms with van der Waals surface area (Å²) in [5.74, 6) is -0.905. The fourth-order valence-corrected chi connectivity index (χ4v) is 3.22. The minimum atomic E-state index is -1.12. The van der Waals surface area contributed by atoms with Crippen molar-refractivity contribution in [2.75, 3.05) is 25.5 Å². The fraction of sp³-hybridized carbons (Fsp3) is 0.312. The Balaban J connectivity index is 1.83. The highest BCUT2D eigenvalue weighted by Crippen LogP contribution is 2.35. The Hall–Kier alpha value is -1.69. The van der Waals surface area contributed by atoms with E-state index in [-0.39, 0.29) is 16.8 Å². The molecule has 1 aromatic rings. The number of amides is 1. The van der Waals surface area contributed by atoms with Gasteiger partial charge in [-0.15, -0.1) is 0 Å². The Labute approximate surface area is 133 Å². The van der Waals surface area contributed by atoms with E-state index >= 15 is 0 Å². The third-order valence-electron chi connectivity index (χ3n) is 4.22. The number of benzene rings is 1. The summed E-state index contributed by atoms with van der Waals surface area (Å²) in [4.78, 5) is 14.8. The van der Waals surface area contributed by atoms with Crippen molar-refractivity contribution in [3.05, 3.63) is 52.8 Å². The predicted molar refractivity (Wildman–Crippen MR) is 85.2 cm³/mol. The zero-order valence-electron chi connectivity index (χ0n) is 12.1. The molecule has 0 bridgehead atoms. The molecule has 3 N–H and O–H groups in total. The Morgan fingerprint density at radius 3 is 3.05 bits per heavy atom. The lowest BCUT2D eigenvalue weighted by Gasteiger charge is -2.33. The summed E-state index contributed by atoms with van der Waals surface area (Å²) in [6.07, 6.45) is 5.56. The number of fused-ring (bicyclic) bond motifs is 1. The van der Waals surface area contributed by atoms with E-state index in [0.717, 1.165) is 18.7 Å². The Morgan fingerprint density at radius 1 is 1.55 bits per heavy atom. The molecule has 1 aliphatic carbocycles. The molecule has 116 valence electrons. The molecular weight excluding hydrogens is 305 g/mol. The second-order valence-electron chi connectivity index (χ2n) is 5.87. The van der Waals surface area contributed by atoms with Crippen LogP contribution >= 0.6 is 11.6 Å². The molecule has 0 saturated carbocycles. The monoisotopic (exact) mass is 321 g/mol. The second kappa shape index (κ2) is 5.50. The summed E-state index contributed by atoms with van der Waals surface area (Å²) in [7, 11) is 2.00. The van der Waals surface area contributed by atoms with E-state index in [1.807, 2.05) is 19.2 Å². The van der Waals surface area contributed by atoms with Crippen molar-refractivity contribution in [2.45, 2.75) is 5.54 Å². The van der Waals surface area contributed by atoms with E-state index in [2.05, 4.69) is 10.2 Å². The molecule has 22 heavy (non-hydrogen) atoms. The first-order chi connectivity index (χ1) is 10.4. The first-order valence-electron chi connectivity index (χ1n) is 7.02.